The van der Waals surface area contributed by atoms with Crippen LogP contribution in [0.4, 0.5) is 5.69 Å². The molecule has 30 heavy (non-hydrogen) atoms. The number of hydrogen-bond donors (Lipinski definition) is 0. The fraction of sp³-hybridized carbons (Fsp3) is 0.333. The highest BCUT2D eigenvalue weighted by atomic mass is 16.5. The van der Waals surface area contributed by atoms with Crippen molar-refractivity contribution in [3.05, 3.63) is 70.5 Å². The van der Waals surface area contributed by atoms with Gasteiger partial charge in [0.25, 0.3) is 11.5 Å². The number of anilines is 1. The third-order valence-electron chi connectivity index (χ3n) is 5.78. The average Bonchev–Trinajstić information content (AvgIpc) is 2.75. The summed E-state index contributed by atoms with van der Waals surface area (Å²) in [6, 6.07) is 17.7. The molecular formula is C24H27N3O3. The smallest absolute Gasteiger partial charge is 0.260 e. The summed E-state index contributed by atoms with van der Waals surface area (Å²) >= 11 is 0. The van der Waals surface area contributed by atoms with E-state index in [0.29, 0.717) is 18.8 Å². The summed E-state index contributed by atoms with van der Waals surface area (Å²) in [6.07, 6.45) is 0. The van der Waals surface area contributed by atoms with Crippen LogP contribution in [-0.2, 0) is 11.8 Å². The van der Waals surface area contributed by atoms with Crippen LogP contribution >= 0.6 is 0 Å². The first-order valence-corrected chi connectivity index (χ1v) is 10.3. The van der Waals surface area contributed by atoms with Crippen LogP contribution < -0.4 is 15.2 Å². The van der Waals surface area contributed by atoms with E-state index in [1.54, 1.807) is 11.6 Å². The lowest BCUT2D eigenvalue weighted by Gasteiger charge is -2.41. The number of benzene rings is 2. The lowest BCUT2D eigenvalue weighted by molar-refractivity contribution is -0.134. The lowest BCUT2D eigenvalue weighted by Crippen LogP contribution is -2.54. The predicted octanol–water partition coefficient (Wildman–Crippen LogP) is 2.96. The molecule has 1 aliphatic rings. The molecule has 0 saturated carbocycles. The van der Waals surface area contributed by atoms with Crippen molar-refractivity contribution in [3.8, 4) is 5.75 Å². The fourth-order valence-corrected chi connectivity index (χ4v) is 4.10. The highest BCUT2D eigenvalue weighted by Crippen LogP contribution is 2.24. The van der Waals surface area contributed by atoms with E-state index in [4.69, 9.17) is 4.74 Å². The molecule has 1 saturated heterocycles. The number of nitrogens with zero attached hydrogens (tertiary/aromatic N) is 3. The Hall–Kier alpha value is -3.28. The molecule has 0 N–H and O–H groups in total. The zero-order valence-corrected chi connectivity index (χ0v) is 17.7. The zero-order chi connectivity index (χ0) is 21.3. The van der Waals surface area contributed by atoms with Crippen LogP contribution in [0.3, 0.4) is 0 Å². The number of piperazine rings is 1. The van der Waals surface area contributed by atoms with E-state index < -0.39 is 0 Å². The number of pyridine rings is 1. The summed E-state index contributed by atoms with van der Waals surface area (Å²) in [5, 5.41) is 0.824. The maximum atomic E-state index is 12.8. The Morgan fingerprint density at radius 1 is 1.10 bits per heavy atom. The van der Waals surface area contributed by atoms with Crippen LogP contribution in [0.5, 0.6) is 5.75 Å². The van der Waals surface area contributed by atoms with E-state index in [-0.39, 0.29) is 24.1 Å². The Balaban J connectivity index is 1.43. The van der Waals surface area contributed by atoms with Gasteiger partial charge in [0.2, 0.25) is 0 Å². The number of amides is 1. The largest absolute Gasteiger partial charge is 0.483 e. The summed E-state index contributed by atoms with van der Waals surface area (Å²) in [6.45, 7) is 6.23. The number of hydrogen-bond acceptors (Lipinski definition) is 4. The monoisotopic (exact) mass is 405 g/mol. The minimum absolute atomic E-state index is 0.0597. The molecule has 1 fully saturated rings. The number of para-hydroxylation sites is 1. The van der Waals surface area contributed by atoms with Crippen LogP contribution in [-0.4, -0.2) is 47.7 Å². The molecule has 1 atom stereocenters. The van der Waals surface area contributed by atoms with Gasteiger partial charge in [-0.3, -0.25) is 9.59 Å². The van der Waals surface area contributed by atoms with Crippen molar-refractivity contribution in [3.63, 3.8) is 0 Å². The van der Waals surface area contributed by atoms with Gasteiger partial charge < -0.3 is 19.1 Å². The quantitative estimate of drug-likeness (QED) is 0.670. The molecule has 1 aromatic heterocycles. The maximum Gasteiger partial charge on any atom is 0.260 e. The normalized spacial score (nSPS) is 16.7. The molecule has 6 heteroatoms. The molecule has 1 amide bonds. The Kier molecular flexibility index (Phi) is 5.48. The van der Waals surface area contributed by atoms with Gasteiger partial charge in [0.15, 0.2) is 6.61 Å². The second-order valence-electron chi connectivity index (χ2n) is 7.93. The van der Waals surface area contributed by atoms with Crippen molar-refractivity contribution in [1.82, 2.24) is 9.47 Å². The van der Waals surface area contributed by atoms with E-state index >= 15 is 0 Å². The van der Waals surface area contributed by atoms with Crippen molar-refractivity contribution in [2.75, 3.05) is 31.1 Å². The third-order valence-corrected chi connectivity index (χ3v) is 5.78. The molecule has 6 nitrogen and oxygen atoms in total. The SMILES string of the molecule is Cc1cccc(N2CCN(C(=O)COc3cc(=O)n(C)c4ccccc34)C[C@H]2C)c1. The number of fused-ring (bicyclic) bond motifs is 1. The number of aryl methyl sites for hydroxylation is 2. The molecule has 156 valence electrons. The van der Waals surface area contributed by atoms with E-state index in [0.717, 1.165) is 17.4 Å². The first kappa shape index (κ1) is 20.0. The van der Waals surface area contributed by atoms with Gasteiger partial charge in [-0.25, -0.2) is 0 Å². The summed E-state index contributed by atoms with van der Waals surface area (Å²) in [5.41, 5.74) is 3.05. The van der Waals surface area contributed by atoms with Gasteiger partial charge in [-0.15, -0.1) is 0 Å². The molecule has 0 spiro atoms. The van der Waals surface area contributed by atoms with Crippen molar-refractivity contribution >= 4 is 22.5 Å². The molecular weight excluding hydrogens is 378 g/mol. The number of carbonyl (C=O) groups is 1. The van der Waals surface area contributed by atoms with Crippen molar-refractivity contribution in [2.45, 2.75) is 19.9 Å². The standard InChI is InChI=1S/C24H27N3O3/c1-17-7-6-8-19(13-17)27-12-11-26(15-18(27)2)24(29)16-30-22-14-23(28)25(3)21-10-5-4-9-20(21)22/h4-10,13-14,18H,11-12,15-16H2,1-3H3/t18-/m1/s1. The molecule has 2 aromatic carbocycles. The van der Waals surface area contributed by atoms with Crippen LogP contribution in [0.15, 0.2) is 59.4 Å². The van der Waals surface area contributed by atoms with Crippen LogP contribution in [0.2, 0.25) is 0 Å². The zero-order valence-electron chi connectivity index (χ0n) is 17.7. The van der Waals surface area contributed by atoms with E-state index in [9.17, 15) is 9.59 Å². The minimum atomic E-state index is -0.156. The van der Waals surface area contributed by atoms with Crippen LogP contribution in [0.1, 0.15) is 12.5 Å². The molecule has 0 unspecified atom stereocenters. The lowest BCUT2D eigenvalue weighted by atomic mass is 10.1. The van der Waals surface area contributed by atoms with E-state index in [1.165, 1.54) is 17.3 Å². The molecule has 1 aliphatic heterocycles. The second kappa shape index (κ2) is 8.22. The van der Waals surface area contributed by atoms with Gasteiger partial charge in [0.05, 0.1) is 5.52 Å². The predicted molar refractivity (Wildman–Crippen MR) is 119 cm³/mol. The Morgan fingerprint density at radius 2 is 1.90 bits per heavy atom. The molecule has 0 bridgehead atoms. The topological polar surface area (TPSA) is 54.8 Å². The van der Waals surface area contributed by atoms with E-state index in [1.807, 2.05) is 29.2 Å². The molecule has 2 heterocycles. The highest BCUT2D eigenvalue weighted by molar-refractivity contribution is 5.86. The van der Waals surface area contributed by atoms with E-state index in [2.05, 4.69) is 43.0 Å². The minimum Gasteiger partial charge on any atom is -0.483 e. The van der Waals surface area contributed by atoms with Crippen molar-refractivity contribution in [2.24, 2.45) is 7.05 Å². The summed E-state index contributed by atoms with van der Waals surface area (Å²) < 4.78 is 7.39. The first-order chi connectivity index (χ1) is 14.4. The first-order valence-electron chi connectivity index (χ1n) is 10.3. The van der Waals surface area contributed by atoms with Gasteiger partial charge in [0, 0.05) is 49.9 Å². The number of rotatable bonds is 4. The number of carbonyl (C=O) groups excluding carboxylic acids is 1. The van der Waals surface area contributed by atoms with Crippen molar-refractivity contribution in [1.29, 1.82) is 0 Å². The second-order valence-corrected chi connectivity index (χ2v) is 7.93. The number of ether oxygens (including phenoxy) is 1. The van der Waals surface area contributed by atoms with Gasteiger partial charge in [0.1, 0.15) is 5.75 Å². The van der Waals surface area contributed by atoms with Gasteiger partial charge in [-0.2, -0.15) is 0 Å². The highest BCUT2D eigenvalue weighted by Gasteiger charge is 2.27. The summed E-state index contributed by atoms with van der Waals surface area (Å²) in [5.74, 6) is 0.393. The summed E-state index contributed by atoms with van der Waals surface area (Å²) in [4.78, 5) is 29.2. The molecule has 3 aromatic rings. The van der Waals surface area contributed by atoms with Crippen molar-refractivity contribution < 1.29 is 9.53 Å². The average molecular weight is 405 g/mol. The van der Waals surface area contributed by atoms with Crippen LogP contribution in [0.25, 0.3) is 10.9 Å². The Bertz CT molecular complexity index is 1140. The van der Waals surface area contributed by atoms with Gasteiger partial charge in [-0.05, 0) is 43.7 Å². The Labute approximate surface area is 176 Å². The molecule has 0 radical (unpaired) electrons. The third kappa shape index (κ3) is 3.90. The van der Waals surface area contributed by atoms with Gasteiger partial charge >= 0.3 is 0 Å². The van der Waals surface area contributed by atoms with Crippen LogP contribution in [0, 0.1) is 6.92 Å². The molecule has 0 aliphatic carbocycles. The molecule has 4 rings (SSSR count). The maximum absolute atomic E-state index is 12.8. The fourth-order valence-electron chi connectivity index (χ4n) is 4.10. The van der Waals surface area contributed by atoms with Gasteiger partial charge in [-0.1, -0.05) is 24.3 Å². The number of aromatic nitrogens is 1. The summed E-state index contributed by atoms with van der Waals surface area (Å²) in [7, 11) is 1.73. The Morgan fingerprint density at radius 3 is 2.67 bits per heavy atom.